The summed E-state index contributed by atoms with van der Waals surface area (Å²) in [4.78, 5) is 23.0. The number of benzene rings is 1. The van der Waals surface area contributed by atoms with E-state index in [0.29, 0.717) is 0 Å². The van der Waals surface area contributed by atoms with Crippen molar-refractivity contribution in [1.29, 1.82) is 0 Å². The lowest BCUT2D eigenvalue weighted by molar-refractivity contribution is 0.0500. The van der Waals surface area contributed by atoms with E-state index in [9.17, 15) is 18.0 Å². The third-order valence-corrected chi connectivity index (χ3v) is 5.52. The van der Waals surface area contributed by atoms with Gasteiger partial charge in [0, 0.05) is 0 Å². The smallest absolute Gasteiger partial charge is 0.408 e. The van der Waals surface area contributed by atoms with E-state index in [-0.39, 0.29) is 33.2 Å². The Labute approximate surface area is 144 Å². The minimum absolute atomic E-state index is 0.0886. The highest BCUT2D eigenvalue weighted by Crippen LogP contribution is 2.36. The highest BCUT2D eigenvalue weighted by Gasteiger charge is 2.34. The second-order valence-corrected chi connectivity index (χ2v) is 8.97. The Balaban J connectivity index is 2.42. The van der Waals surface area contributed by atoms with Crippen molar-refractivity contribution in [3.05, 3.63) is 28.3 Å². The summed E-state index contributed by atoms with van der Waals surface area (Å²) in [5.74, 6) is -1.53. The first-order chi connectivity index (χ1) is 10.9. The van der Waals surface area contributed by atoms with Gasteiger partial charge in [0.1, 0.15) is 5.60 Å². The summed E-state index contributed by atoms with van der Waals surface area (Å²) in [6.07, 6.45) is -0.534. The molecule has 0 bridgehead atoms. The van der Waals surface area contributed by atoms with Gasteiger partial charge in [0.25, 0.3) is 0 Å². The Bertz CT molecular complexity index is 797. The number of carbonyl (C=O) groups is 2. The van der Waals surface area contributed by atoms with Crippen molar-refractivity contribution in [3.8, 4) is 0 Å². The number of ether oxygens (including phenoxy) is 1. The van der Waals surface area contributed by atoms with Gasteiger partial charge in [-0.1, -0.05) is 11.6 Å². The SMILES string of the molecule is CC(C)(C)OC(=O)N[C@H]1CCS(=O)(=O)c2cc(C(=O)O)c(Cl)cc21. The van der Waals surface area contributed by atoms with Gasteiger partial charge in [0.15, 0.2) is 9.84 Å². The molecule has 1 amide bonds. The molecule has 24 heavy (non-hydrogen) atoms. The number of hydrogen-bond acceptors (Lipinski definition) is 5. The molecule has 0 saturated carbocycles. The summed E-state index contributed by atoms with van der Waals surface area (Å²) in [7, 11) is -3.63. The van der Waals surface area contributed by atoms with E-state index in [4.69, 9.17) is 21.4 Å². The largest absolute Gasteiger partial charge is 0.478 e. The lowest BCUT2D eigenvalue weighted by atomic mass is 10.0. The Kier molecular flexibility index (Phi) is 4.83. The molecule has 0 aliphatic carbocycles. The van der Waals surface area contributed by atoms with Crippen LogP contribution in [0.1, 0.15) is 49.2 Å². The number of alkyl carbamates (subject to hydrolysis) is 1. The van der Waals surface area contributed by atoms with E-state index in [1.807, 2.05) is 0 Å². The first kappa shape index (κ1) is 18.5. The fourth-order valence-corrected chi connectivity index (χ4v) is 4.29. The summed E-state index contributed by atoms with van der Waals surface area (Å²) < 4.78 is 29.7. The van der Waals surface area contributed by atoms with E-state index in [2.05, 4.69) is 5.32 Å². The minimum Gasteiger partial charge on any atom is -0.478 e. The number of amides is 1. The Hall–Kier alpha value is -1.80. The molecule has 2 N–H and O–H groups in total. The van der Waals surface area contributed by atoms with Crippen molar-refractivity contribution in [1.82, 2.24) is 5.32 Å². The number of carbonyl (C=O) groups excluding carboxylic acids is 1. The zero-order valence-corrected chi connectivity index (χ0v) is 15.0. The van der Waals surface area contributed by atoms with Gasteiger partial charge in [-0.25, -0.2) is 18.0 Å². The molecule has 132 valence electrons. The number of fused-ring (bicyclic) bond motifs is 1. The Morgan fingerprint density at radius 3 is 2.50 bits per heavy atom. The maximum Gasteiger partial charge on any atom is 0.408 e. The third kappa shape index (κ3) is 3.99. The molecule has 0 saturated heterocycles. The molecule has 9 heteroatoms. The monoisotopic (exact) mass is 375 g/mol. The van der Waals surface area contributed by atoms with Crippen LogP contribution in [-0.2, 0) is 14.6 Å². The predicted molar refractivity (Wildman–Crippen MR) is 87.2 cm³/mol. The number of sulfone groups is 1. The van der Waals surface area contributed by atoms with Crippen LogP contribution in [0.2, 0.25) is 5.02 Å². The Morgan fingerprint density at radius 1 is 1.33 bits per heavy atom. The van der Waals surface area contributed by atoms with E-state index < -0.39 is 33.5 Å². The molecule has 1 aromatic rings. The summed E-state index contributed by atoms with van der Waals surface area (Å²) in [5, 5.41) is 11.6. The molecule has 0 unspecified atom stereocenters. The van der Waals surface area contributed by atoms with E-state index in [0.717, 1.165) is 6.07 Å². The molecule has 1 aromatic carbocycles. The number of carboxylic acids is 1. The molecule has 0 aromatic heterocycles. The van der Waals surface area contributed by atoms with Crippen LogP contribution in [-0.4, -0.2) is 36.9 Å². The second-order valence-electron chi connectivity index (χ2n) is 6.48. The zero-order chi connectivity index (χ0) is 18.3. The molecule has 2 rings (SSSR count). The minimum atomic E-state index is -3.63. The number of rotatable bonds is 2. The van der Waals surface area contributed by atoms with Crippen LogP contribution in [0.25, 0.3) is 0 Å². The molecule has 1 atom stereocenters. The van der Waals surface area contributed by atoms with Crippen molar-refractivity contribution >= 4 is 33.5 Å². The van der Waals surface area contributed by atoms with Crippen LogP contribution >= 0.6 is 11.6 Å². The van der Waals surface area contributed by atoms with Gasteiger partial charge in [0.2, 0.25) is 0 Å². The van der Waals surface area contributed by atoms with Crippen molar-refractivity contribution in [2.75, 3.05) is 5.75 Å². The highest BCUT2D eigenvalue weighted by molar-refractivity contribution is 7.91. The molecule has 1 heterocycles. The van der Waals surface area contributed by atoms with E-state index in [1.54, 1.807) is 20.8 Å². The Morgan fingerprint density at radius 2 is 1.96 bits per heavy atom. The number of hydrogen-bond donors (Lipinski definition) is 2. The molecule has 1 aliphatic rings. The van der Waals surface area contributed by atoms with Gasteiger partial charge in [0.05, 0.1) is 27.3 Å². The average molecular weight is 376 g/mol. The van der Waals surface area contributed by atoms with Crippen molar-refractivity contribution in [2.45, 2.75) is 43.7 Å². The highest BCUT2D eigenvalue weighted by atomic mass is 35.5. The van der Waals surface area contributed by atoms with Gasteiger partial charge in [-0.3, -0.25) is 0 Å². The van der Waals surface area contributed by atoms with Crippen LogP contribution in [0.3, 0.4) is 0 Å². The van der Waals surface area contributed by atoms with Gasteiger partial charge in [-0.05, 0) is 44.9 Å². The van der Waals surface area contributed by atoms with E-state index >= 15 is 0 Å². The molecule has 0 spiro atoms. The standard InChI is InChI=1S/C15H18ClNO6S/c1-15(2,3)23-14(20)17-11-4-5-24(21,22)12-7-8(13(18)19)10(16)6-9(11)12/h6-7,11H,4-5H2,1-3H3,(H,17,20)(H,18,19)/t11-/m0/s1. The molecule has 0 fully saturated rings. The molecule has 7 nitrogen and oxygen atoms in total. The molecule has 0 radical (unpaired) electrons. The third-order valence-electron chi connectivity index (χ3n) is 3.41. The van der Waals surface area contributed by atoms with Gasteiger partial charge >= 0.3 is 12.1 Å². The zero-order valence-electron chi connectivity index (χ0n) is 13.4. The predicted octanol–water partition coefficient (Wildman–Crippen LogP) is 2.78. The van der Waals surface area contributed by atoms with Gasteiger partial charge < -0.3 is 15.2 Å². The van der Waals surface area contributed by atoms with Gasteiger partial charge in [-0.2, -0.15) is 0 Å². The summed E-state index contributed by atoms with van der Waals surface area (Å²) in [6.45, 7) is 5.13. The van der Waals surface area contributed by atoms with Crippen molar-refractivity contribution < 1.29 is 27.9 Å². The lowest BCUT2D eigenvalue weighted by Crippen LogP contribution is -2.37. The summed E-state index contributed by atoms with van der Waals surface area (Å²) >= 11 is 5.94. The second kappa shape index (κ2) is 6.25. The number of nitrogens with one attached hydrogen (secondary N) is 1. The lowest BCUT2D eigenvalue weighted by Gasteiger charge is -2.28. The van der Waals surface area contributed by atoms with Crippen LogP contribution in [0.4, 0.5) is 4.79 Å². The molecule has 1 aliphatic heterocycles. The van der Waals surface area contributed by atoms with Crippen molar-refractivity contribution in [3.63, 3.8) is 0 Å². The maximum absolute atomic E-state index is 12.2. The quantitative estimate of drug-likeness (QED) is 0.822. The number of aromatic carboxylic acids is 1. The van der Waals surface area contributed by atoms with Crippen LogP contribution in [0.5, 0.6) is 0 Å². The fraction of sp³-hybridized carbons (Fsp3) is 0.467. The van der Waals surface area contributed by atoms with Crippen LogP contribution < -0.4 is 5.32 Å². The number of halogens is 1. The normalized spacial score (nSPS) is 19.2. The van der Waals surface area contributed by atoms with Crippen LogP contribution in [0, 0.1) is 0 Å². The molecular weight excluding hydrogens is 358 g/mol. The first-order valence-electron chi connectivity index (χ1n) is 7.20. The van der Waals surface area contributed by atoms with Crippen molar-refractivity contribution in [2.24, 2.45) is 0 Å². The van der Waals surface area contributed by atoms with Gasteiger partial charge in [-0.15, -0.1) is 0 Å². The maximum atomic E-state index is 12.2. The average Bonchev–Trinajstić information content (AvgIpc) is 2.39. The fourth-order valence-electron chi connectivity index (χ4n) is 2.41. The van der Waals surface area contributed by atoms with E-state index in [1.165, 1.54) is 6.07 Å². The summed E-state index contributed by atoms with van der Waals surface area (Å²) in [6, 6.07) is 1.69. The summed E-state index contributed by atoms with van der Waals surface area (Å²) in [5.41, 5.74) is -0.725. The first-order valence-corrected chi connectivity index (χ1v) is 9.23. The van der Waals surface area contributed by atoms with Crippen LogP contribution in [0.15, 0.2) is 17.0 Å². The topological polar surface area (TPSA) is 110 Å². The molecular formula is C15H18ClNO6S. The number of carboxylic acid groups (broad SMARTS) is 1.